The minimum atomic E-state index is -4.51. The Bertz CT molecular complexity index is 1780. The summed E-state index contributed by atoms with van der Waals surface area (Å²) in [5.74, 6) is -1.35. The van der Waals surface area contributed by atoms with Gasteiger partial charge in [-0.15, -0.1) is 0 Å². The highest BCUT2D eigenvalue weighted by atomic mass is 32.2. The molecule has 11 nitrogen and oxygen atoms in total. The molecule has 1 aliphatic heterocycles. The van der Waals surface area contributed by atoms with Gasteiger partial charge in [-0.05, 0) is 99.8 Å². The highest BCUT2D eigenvalue weighted by Crippen LogP contribution is 2.31. The van der Waals surface area contributed by atoms with E-state index in [4.69, 9.17) is 9.47 Å². The third-order valence-electron chi connectivity index (χ3n) is 8.69. The van der Waals surface area contributed by atoms with Crippen LogP contribution in [-0.4, -0.2) is 86.9 Å². The molecule has 3 aromatic rings. The number of anilines is 2. The number of ether oxygens (including phenoxy) is 2. The summed E-state index contributed by atoms with van der Waals surface area (Å²) < 4.78 is 93.5. The summed E-state index contributed by atoms with van der Waals surface area (Å²) >= 11 is 0. The van der Waals surface area contributed by atoms with E-state index in [0.29, 0.717) is 25.9 Å². The van der Waals surface area contributed by atoms with Gasteiger partial charge in [-0.3, -0.25) is 9.52 Å². The number of fused-ring (bicyclic) bond motifs is 1. The van der Waals surface area contributed by atoms with E-state index in [9.17, 15) is 40.7 Å². The summed E-state index contributed by atoms with van der Waals surface area (Å²) in [6.45, 7) is 5.38. The summed E-state index contributed by atoms with van der Waals surface area (Å²) in [5.41, 5.74) is -0.572. The molecule has 0 saturated carbocycles. The average molecular weight is 753 g/mol. The van der Waals surface area contributed by atoms with E-state index in [0.717, 1.165) is 48.5 Å². The molecule has 0 saturated heterocycles. The number of amides is 3. The Hall–Kier alpha value is -4.41. The lowest BCUT2D eigenvalue weighted by Crippen LogP contribution is -2.48. The number of carbonyl (C=O) groups is 2. The molecule has 0 spiro atoms. The molecule has 3 amide bonds. The Morgan fingerprint density at radius 3 is 2.33 bits per heavy atom. The molecule has 4 rings (SSSR count). The van der Waals surface area contributed by atoms with Crippen molar-refractivity contribution < 1.29 is 50.1 Å². The van der Waals surface area contributed by atoms with Crippen molar-refractivity contribution in [3.8, 4) is 5.75 Å². The van der Waals surface area contributed by atoms with E-state index in [-0.39, 0.29) is 46.8 Å². The van der Waals surface area contributed by atoms with Crippen LogP contribution in [-0.2, 0) is 20.9 Å². The van der Waals surface area contributed by atoms with Crippen molar-refractivity contribution in [2.24, 2.45) is 5.92 Å². The van der Waals surface area contributed by atoms with Crippen LogP contribution in [0.1, 0.15) is 56.0 Å². The number of benzene rings is 3. The fourth-order valence-electron chi connectivity index (χ4n) is 5.59. The van der Waals surface area contributed by atoms with Crippen LogP contribution in [0.15, 0.2) is 71.6 Å². The number of halogens is 4. The number of aliphatic hydroxyl groups excluding tert-OH is 1. The van der Waals surface area contributed by atoms with Crippen molar-refractivity contribution in [1.82, 2.24) is 9.80 Å². The van der Waals surface area contributed by atoms with Crippen LogP contribution in [0.3, 0.4) is 0 Å². The standard InChI is InChI=1S/C36H44F4N4O7S/c1-23-20-44(24(2)22-45)34(46)31-19-29(42-52(48,49)30-15-10-27(37)11-16-30)14-17-32(31)51-25(3)7-5-6-18-50-33(23)21-43(4)35(47)41-28-12-8-26(9-13-28)36(38,39)40/h8-17,19,23-25,33,42,45H,5-7,18,20-22H2,1-4H3,(H,41,47)/t23-,24+,25+,33-/m0/s1. The fourth-order valence-corrected chi connectivity index (χ4v) is 6.64. The summed E-state index contributed by atoms with van der Waals surface area (Å²) in [5, 5.41) is 12.8. The van der Waals surface area contributed by atoms with E-state index in [1.807, 2.05) is 13.8 Å². The lowest BCUT2D eigenvalue weighted by Gasteiger charge is -2.35. The largest absolute Gasteiger partial charge is 0.490 e. The summed E-state index contributed by atoms with van der Waals surface area (Å²) in [7, 11) is -2.63. The van der Waals surface area contributed by atoms with Gasteiger partial charge in [-0.25, -0.2) is 17.6 Å². The number of rotatable bonds is 8. The number of urea groups is 1. The Kier molecular flexibility index (Phi) is 13.5. The first kappa shape index (κ1) is 40.4. The Labute approximate surface area is 300 Å². The lowest BCUT2D eigenvalue weighted by molar-refractivity contribution is -0.137. The van der Waals surface area contributed by atoms with Gasteiger partial charge in [0.05, 0.1) is 40.9 Å². The maximum Gasteiger partial charge on any atom is 0.416 e. The van der Waals surface area contributed by atoms with E-state index in [2.05, 4.69) is 10.0 Å². The number of sulfonamides is 1. The van der Waals surface area contributed by atoms with Crippen LogP contribution >= 0.6 is 0 Å². The molecular formula is C36H44F4N4O7S. The van der Waals surface area contributed by atoms with Crippen molar-refractivity contribution in [1.29, 1.82) is 0 Å². The first-order valence-corrected chi connectivity index (χ1v) is 18.3. The van der Waals surface area contributed by atoms with Crippen molar-refractivity contribution in [2.75, 3.05) is 43.4 Å². The number of aliphatic hydroxyl groups is 1. The third-order valence-corrected chi connectivity index (χ3v) is 10.1. The van der Waals surface area contributed by atoms with Gasteiger partial charge in [0.2, 0.25) is 0 Å². The van der Waals surface area contributed by atoms with Crippen molar-refractivity contribution in [3.05, 3.63) is 83.7 Å². The topological polar surface area (TPSA) is 138 Å². The molecule has 1 heterocycles. The van der Waals surface area contributed by atoms with Gasteiger partial charge in [-0.2, -0.15) is 13.2 Å². The zero-order valence-corrected chi connectivity index (χ0v) is 30.1. The van der Waals surface area contributed by atoms with Gasteiger partial charge in [0.1, 0.15) is 11.6 Å². The number of hydrogen-bond donors (Lipinski definition) is 3. The molecule has 0 aromatic heterocycles. The van der Waals surface area contributed by atoms with Gasteiger partial charge >= 0.3 is 12.2 Å². The van der Waals surface area contributed by atoms with E-state index in [1.54, 1.807) is 6.92 Å². The molecule has 52 heavy (non-hydrogen) atoms. The maximum atomic E-state index is 14.3. The van der Waals surface area contributed by atoms with Crippen molar-refractivity contribution >= 4 is 33.3 Å². The smallest absolute Gasteiger partial charge is 0.416 e. The predicted molar refractivity (Wildman–Crippen MR) is 187 cm³/mol. The Morgan fingerprint density at radius 1 is 1.04 bits per heavy atom. The SMILES string of the molecule is C[C@@H]1CCCCO[C@@H](CN(C)C(=O)Nc2ccc(C(F)(F)F)cc2)[C@@H](C)CN([C@H](C)CO)C(=O)c2cc(NS(=O)(=O)c3ccc(F)cc3)ccc2O1. The van der Waals surface area contributed by atoms with Gasteiger partial charge in [0.15, 0.2) is 0 Å². The Balaban J connectivity index is 1.59. The summed E-state index contributed by atoms with van der Waals surface area (Å²) in [6, 6.07) is 11.4. The third kappa shape index (κ3) is 10.8. The lowest BCUT2D eigenvalue weighted by atomic mass is 10.0. The van der Waals surface area contributed by atoms with Crippen LogP contribution in [0.5, 0.6) is 5.75 Å². The molecule has 0 fully saturated rings. The number of likely N-dealkylation sites (N-methyl/N-ethyl adjacent to an activating group) is 1. The monoisotopic (exact) mass is 752 g/mol. The summed E-state index contributed by atoms with van der Waals surface area (Å²) in [6.07, 6.45) is -3.49. The van der Waals surface area contributed by atoms with Gasteiger partial charge in [0, 0.05) is 44.0 Å². The molecule has 16 heteroatoms. The van der Waals surface area contributed by atoms with Crippen LogP contribution in [0.4, 0.5) is 33.7 Å². The zero-order chi connectivity index (χ0) is 38.2. The van der Waals surface area contributed by atoms with E-state index < -0.39 is 64.2 Å². The number of nitrogens with one attached hydrogen (secondary N) is 2. The Morgan fingerprint density at radius 2 is 1.69 bits per heavy atom. The number of carbonyl (C=O) groups excluding carboxylic acids is 2. The molecule has 0 bridgehead atoms. The normalized spacial score (nSPS) is 19.8. The van der Waals surface area contributed by atoms with Crippen LogP contribution in [0.2, 0.25) is 0 Å². The second kappa shape index (κ2) is 17.4. The number of hydrogen-bond acceptors (Lipinski definition) is 7. The number of nitrogens with zero attached hydrogens (tertiary/aromatic N) is 2. The molecule has 1 aliphatic rings. The molecule has 3 N–H and O–H groups in total. The fraction of sp³-hybridized carbons (Fsp3) is 0.444. The van der Waals surface area contributed by atoms with Crippen molar-refractivity contribution in [2.45, 2.75) is 69.4 Å². The van der Waals surface area contributed by atoms with Crippen molar-refractivity contribution in [3.63, 3.8) is 0 Å². The molecule has 0 aliphatic carbocycles. The quantitative estimate of drug-likeness (QED) is 0.221. The van der Waals surface area contributed by atoms with E-state index >= 15 is 0 Å². The van der Waals surface area contributed by atoms with Gasteiger partial charge < -0.3 is 29.7 Å². The van der Waals surface area contributed by atoms with Crippen LogP contribution in [0, 0.1) is 11.7 Å². The minimum absolute atomic E-state index is 0.0428. The molecular weight excluding hydrogens is 708 g/mol. The maximum absolute atomic E-state index is 14.3. The van der Waals surface area contributed by atoms with Gasteiger partial charge in [0.25, 0.3) is 15.9 Å². The number of alkyl halides is 3. The molecule has 3 aromatic carbocycles. The minimum Gasteiger partial charge on any atom is -0.490 e. The first-order chi connectivity index (χ1) is 24.5. The molecule has 0 unspecified atom stereocenters. The van der Waals surface area contributed by atoms with Crippen LogP contribution < -0.4 is 14.8 Å². The predicted octanol–water partition coefficient (Wildman–Crippen LogP) is 6.60. The van der Waals surface area contributed by atoms with Gasteiger partial charge in [-0.1, -0.05) is 6.92 Å². The summed E-state index contributed by atoms with van der Waals surface area (Å²) in [4.78, 5) is 30.0. The average Bonchev–Trinajstić information content (AvgIpc) is 3.09. The zero-order valence-electron chi connectivity index (χ0n) is 29.3. The second-order valence-corrected chi connectivity index (χ2v) is 14.6. The molecule has 0 radical (unpaired) electrons. The molecule has 4 atom stereocenters. The first-order valence-electron chi connectivity index (χ1n) is 16.8. The van der Waals surface area contributed by atoms with Crippen LogP contribution in [0.25, 0.3) is 0 Å². The van der Waals surface area contributed by atoms with E-state index in [1.165, 1.54) is 35.0 Å². The highest BCUT2D eigenvalue weighted by Gasteiger charge is 2.32. The second-order valence-electron chi connectivity index (χ2n) is 13.0. The molecule has 284 valence electrons. The highest BCUT2D eigenvalue weighted by molar-refractivity contribution is 7.92.